The maximum Gasteiger partial charge on any atom is 0.419 e. The van der Waals surface area contributed by atoms with Crippen molar-refractivity contribution in [3.8, 4) is 0 Å². The van der Waals surface area contributed by atoms with Gasteiger partial charge in [0.1, 0.15) is 0 Å². The number of aromatic nitrogens is 2. The average molecular weight is 180 g/mol. The van der Waals surface area contributed by atoms with Crippen LogP contribution in [0.5, 0.6) is 0 Å². The molecule has 4 nitrogen and oxygen atoms in total. The van der Waals surface area contributed by atoms with Gasteiger partial charge in [0.2, 0.25) is 0 Å². The standard InChI is InChI=1S/C8H5FN2O2/c9-7-10-5-3-1-2-4-6(5)11(7)8(12)13/h1-4H,(H,12,13). The van der Waals surface area contributed by atoms with Gasteiger partial charge in [-0.2, -0.15) is 4.39 Å². The van der Waals surface area contributed by atoms with Gasteiger partial charge in [0.05, 0.1) is 11.0 Å². The zero-order chi connectivity index (χ0) is 9.42. The fourth-order valence-corrected chi connectivity index (χ4v) is 1.18. The first-order valence-electron chi connectivity index (χ1n) is 3.56. The molecule has 1 N–H and O–H groups in total. The lowest BCUT2D eigenvalue weighted by Crippen LogP contribution is -2.10. The largest absolute Gasteiger partial charge is 0.464 e. The van der Waals surface area contributed by atoms with Crippen LogP contribution >= 0.6 is 0 Å². The number of hydrogen-bond donors (Lipinski definition) is 1. The number of nitrogens with zero attached hydrogens (tertiary/aromatic N) is 2. The van der Waals surface area contributed by atoms with Gasteiger partial charge < -0.3 is 5.11 Å². The Morgan fingerprint density at radius 2 is 2.15 bits per heavy atom. The van der Waals surface area contributed by atoms with Crippen LogP contribution in [0, 0.1) is 6.08 Å². The lowest BCUT2D eigenvalue weighted by atomic mass is 10.3. The Balaban J connectivity index is 2.86. The highest BCUT2D eigenvalue weighted by Crippen LogP contribution is 2.13. The zero-order valence-corrected chi connectivity index (χ0v) is 6.44. The second kappa shape index (κ2) is 2.55. The van der Waals surface area contributed by atoms with Crippen LogP contribution in [0.25, 0.3) is 11.0 Å². The first kappa shape index (κ1) is 7.72. The van der Waals surface area contributed by atoms with E-state index in [2.05, 4.69) is 4.98 Å². The van der Waals surface area contributed by atoms with E-state index in [1.807, 2.05) is 0 Å². The van der Waals surface area contributed by atoms with E-state index < -0.39 is 12.2 Å². The summed E-state index contributed by atoms with van der Waals surface area (Å²) >= 11 is 0. The lowest BCUT2D eigenvalue weighted by Gasteiger charge is -1.94. The molecule has 0 amide bonds. The smallest absolute Gasteiger partial charge is 0.419 e. The Kier molecular flexibility index (Phi) is 1.51. The maximum absolute atomic E-state index is 12.9. The number of hydrogen-bond acceptors (Lipinski definition) is 2. The van der Waals surface area contributed by atoms with Crippen LogP contribution in [0.2, 0.25) is 0 Å². The number of carboxylic acid groups (broad SMARTS) is 1. The summed E-state index contributed by atoms with van der Waals surface area (Å²) in [6.07, 6.45) is -2.38. The van der Waals surface area contributed by atoms with Crippen LogP contribution in [-0.4, -0.2) is 20.8 Å². The van der Waals surface area contributed by atoms with E-state index in [-0.39, 0.29) is 5.52 Å². The van der Waals surface area contributed by atoms with Crippen LogP contribution in [0.3, 0.4) is 0 Å². The molecule has 0 saturated heterocycles. The Hall–Kier alpha value is -1.91. The molecular weight excluding hydrogens is 175 g/mol. The molecule has 0 bridgehead atoms. The summed E-state index contributed by atoms with van der Waals surface area (Å²) in [6, 6.07) is 6.35. The molecule has 13 heavy (non-hydrogen) atoms. The molecule has 0 saturated carbocycles. The summed E-state index contributed by atoms with van der Waals surface area (Å²) in [6.45, 7) is 0. The Labute approximate surface area is 72.2 Å². The number of para-hydroxylation sites is 2. The maximum atomic E-state index is 12.9. The van der Waals surface area contributed by atoms with Crippen molar-refractivity contribution in [3.05, 3.63) is 30.3 Å². The molecule has 0 aliphatic rings. The van der Waals surface area contributed by atoms with Gasteiger partial charge in [0.15, 0.2) is 0 Å². The molecule has 66 valence electrons. The zero-order valence-electron chi connectivity index (χ0n) is 6.44. The highest BCUT2D eigenvalue weighted by atomic mass is 19.1. The summed E-state index contributed by atoms with van der Waals surface area (Å²) in [5.41, 5.74) is 0.593. The molecule has 0 radical (unpaired) electrons. The summed E-state index contributed by atoms with van der Waals surface area (Å²) in [5.74, 6) is 0. The quantitative estimate of drug-likeness (QED) is 0.671. The third kappa shape index (κ3) is 1.05. The summed E-state index contributed by atoms with van der Waals surface area (Å²) in [7, 11) is 0. The van der Waals surface area contributed by atoms with Crippen molar-refractivity contribution in [1.82, 2.24) is 9.55 Å². The van der Waals surface area contributed by atoms with E-state index in [9.17, 15) is 9.18 Å². The Morgan fingerprint density at radius 3 is 2.85 bits per heavy atom. The minimum Gasteiger partial charge on any atom is -0.464 e. The molecule has 1 heterocycles. The van der Waals surface area contributed by atoms with Gasteiger partial charge in [-0.3, -0.25) is 0 Å². The number of rotatable bonds is 0. The molecule has 0 unspecified atom stereocenters. The number of halogens is 1. The van der Waals surface area contributed by atoms with E-state index in [0.29, 0.717) is 10.1 Å². The van der Waals surface area contributed by atoms with Crippen LogP contribution in [0.15, 0.2) is 24.3 Å². The van der Waals surface area contributed by atoms with Gasteiger partial charge in [0, 0.05) is 0 Å². The van der Waals surface area contributed by atoms with Gasteiger partial charge in [-0.05, 0) is 12.1 Å². The van der Waals surface area contributed by atoms with Gasteiger partial charge in [-0.25, -0.2) is 14.3 Å². The number of fused-ring (bicyclic) bond motifs is 1. The normalized spacial score (nSPS) is 10.5. The van der Waals surface area contributed by atoms with Crippen molar-refractivity contribution in [1.29, 1.82) is 0 Å². The van der Waals surface area contributed by atoms with Crippen LogP contribution in [0.4, 0.5) is 9.18 Å². The molecule has 1 aromatic heterocycles. The van der Waals surface area contributed by atoms with Gasteiger partial charge >= 0.3 is 6.09 Å². The molecule has 0 atom stereocenters. The highest BCUT2D eigenvalue weighted by molar-refractivity contribution is 5.85. The van der Waals surface area contributed by atoms with Crippen molar-refractivity contribution in [2.24, 2.45) is 0 Å². The van der Waals surface area contributed by atoms with E-state index in [1.165, 1.54) is 6.07 Å². The second-order valence-corrected chi connectivity index (χ2v) is 2.49. The van der Waals surface area contributed by atoms with E-state index in [4.69, 9.17) is 5.11 Å². The molecular formula is C8H5FN2O2. The summed E-state index contributed by atoms with van der Waals surface area (Å²) < 4.78 is 13.4. The van der Waals surface area contributed by atoms with Crippen LogP contribution in [0.1, 0.15) is 0 Å². The Morgan fingerprint density at radius 1 is 1.46 bits per heavy atom. The Bertz CT molecular complexity index is 478. The molecule has 5 heteroatoms. The third-order valence-electron chi connectivity index (χ3n) is 1.71. The third-order valence-corrected chi connectivity index (χ3v) is 1.71. The number of imidazole rings is 1. The van der Waals surface area contributed by atoms with E-state index in [1.54, 1.807) is 18.2 Å². The van der Waals surface area contributed by atoms with Crippen molar-refractivity contribution >= 4 is 17.1 Å². The van der Waals surface area contributed by atoms with E-state index in [0.717, 1.165) is 0 Å². The molecule has 0 aliphatic heterocycles. The minimum absolute atomic E-state index is 0.257. The predicted octanol–water partition coefficient (Wildman–Crippen LogP) is 1.70. The summed E-state index contributed by atoms with van der Waals surface area (Å²) in [5, 5.41) is 8.64. The fourth-order valence-electron chi connectivity index (χ4n) is 1.18. The molecule has 1 aromatic carbocycles. The van der Waals surface area contributed by atoms with Crippen LogP contribution < -0.4 is 0 Å². The fraction of sp³-hybridized carbons (Fsp3) is 0. The molecule has 2 aromatic rings. The SMILES string of the molecule is O=C(O)n1c(F)nc2ccccc21. The van der Waals surface area contributed by atoms with Crippen LogP contribution in [-0.2, 0) is 0 Å². The topological polar surface area (TPSA) is 55.1 Å². The van der Waals surface area contributed by atoms with Gasteiger partial charge in [-0.15, -0.1) is 0 Å². The second-order valence-electron chi connectivity index (χ2n) is 2.49. The van der Waals surface area contributed by atoms with Crippen molar-refractivity contribution in [2.45, 2.75) is 0 Å². The highest BCUT2D eigenvalue weighted by Gasteiger charge is 2.14. The first-order chi connectivity index (χ1) is 6.20. The molecule has 0 spiro atoms. The lowest BCUT2D eigenvalue weighted by molar-refractivity contribution is 0.193. The minimum atomic E-state index is -1.37. The summed E-state index contributed by atoms with van der Waals surface area (Å²) in [4.78, 5) is 14.0. The predicted molar refractivity (Wildman–Crippen MR) is 43.1 cm³/mol. The van der Waals surface area contributed by atoms with E-state index >= 15 is 0 Å². The van der Waals surface area contributed by atoms with Crippen molar-refractivity contribution in [3.63, 3.8) is 0 Å². The number of carbonyl (C=O) groups is 1. The molecule has 0 fully saturated rings. The van der Waals surface area contributed by atoms with Gasteiger partial charge in [-0.1, -0.05) is 12.1 Å². The van der Waals surface area contributed by atoms with Crippen molar-refractivity contribution < 1.29 is 14.3 Å². The van der Waals surface area contributed by atoms with Gasteiger partial charge in [0.25, 0.3) is 6.08 Å². The average Bonchev–Trinajstić information content (AvgIpc) is 2.39. The molecule has 0 aliphatic carbocycles. The first-order valence-corrected chi connectivity index (χ1v) is 3.56. The monoisotopic (exact) mass is 180 g/mol. The van der Waals surface area contributed by atoms with Crippen molar-refractivity contribution in [2.75, 3.05) is 0 Å². The number of benzene rings is 1. The molecule has 2 rings (SSSR count).